The minimum absolute atomic E-state index is 0.0857. The molecule has 1 aromatic carbocycles. The highest BCUT2D eigenvalue weighted by molar-refractivity contribution is 6.04. The van der Waals surface area contributed by atoms with E-state index in [0.29, 0.717) is 22.0 Å². The quantitative estimate of drug-likeness (QED) is 0.558. The average Bonchev–Trinajstić information content (AvgIpc) is 2.73. The third-order valence-corrected chi connectivity index (χ3v) is 4.14. The van der Waals surface area contributed by atoms with Crippen LogP contribution in [-0.4, -0.2) is 25.8 Å². The summed E-state index contributed by atoms with van der Waals surface area (Å²) in [6, 6.07) is 8.03. The molecule has 0 bridgehead atoms. The molecule has 0 saturated heterocycles. The van der Waals surface area contributed by atoms with Crippen LogP contribution in [0.4, 0.5) is 19.0 Å². The van der Waals surface area contributed by atoms with Crippen molar-refractivity contribution < 1.29 is 18.0 Å². The molecular formula is C20H12F3N5O. The highest BCUT2D eigenvalue weighted by atomic mass is 19.4. The normalized spacial score (nSPS) is 11.4. The molecule has 0 aliphatic carbocycles. The number of aromatic nitrogens is 4. The standard InChI is InChI=1S/C20H12F3N5O/c21-20(22,23)14-3-1-2-12(8-14)15-10-25-9-13-4-5-16(27-18(13)15)19(29)28-17-11-24-6-7-26-17/h1-11H,(H,26,28,29). The lowest BCUT2D eigenvalue weighted by molar-refractivity contribution is -0.137. The molecule has 1 amide bonds. The highest BCUT2D eigenvalue weighted by Crippen LogP contribution is 2.33. The molecule has 4 aromatic rings. The first kappa shape index (κ1) is 18.5. The lowest BCUT2D eigenvalue weighted by Gasteiger charge is -2.11. The van der Waals surface area contributed by atoms with Crippen molar-refractivity contribution in [2.24, 2.45) is 0 Å². The molecule has 0 fully saturated rings. The SMILES string of the molecule is O=C(Nc1cnccn1)c1ccc2cncc(-c3cccc(C(F)(F)F)c3)c2n1. The highest BCUT2D eigenvalue weighted by Gasteiger charge is 2.30. The second-order valence-corrected chi connectivity index (χ2v) is 6.08. The lowest BCUT2D eigenvalue weighted by Crippen LogP contribution is -2.14. The Bertz CT molecular complexity index is 1200. The predicted octanol–water partition coefficient (Wildman–Crippen LogP) is 4.36. The second-order valence-electron chi connectivity index (χ2n) is 6.08. The molecular weight excluding hydrogens is 383 g/mol. The number of pyridine rings is 2. The van der Waals surface area contributed by atoms with Crippen LogP contribution in [0.5, 0.6) is 0 Å². The number of benzene rings is 1. The number of alkyl halides is 3. The Balaban J connectivity index is 1.76. The van der Waals surface area contributed by atoms with Crippen molar-refractivity contribution >= 4 is 22.6 Å². The number of carbonyl (C=O) groups excluding carboxylic acids is 1. The molecule has 0 atom stereocenters. The van der Waals surface area contributed by atoms with Gasteiger partial charge in [0.15, 0.2) is 5.82 Å². The summed E-state index contributed by atoms with van der Waals surface area (Å²) in [6.45, 7) is 0. The Morgan fingerprint density at radius 1 is 0.966 bits per heavy atom. The minimum Gasteiger partial charge on any atom is -0.304 e. The van der Waals surface area contributed by atoms with Gasteiger partial charge in [-0.2, -0.15) is 13.2 Å². The van der Waals surface area contributed by atoms with Crippen molar-refractivity contribution in [1.29, 1.82) is 0 Å². The van der Waals surface area contributed by atoms with Gasteiger partial charge in [0.25, 0.3) is 5.91 Å². The topological polar surface area (TPSA) is 80.7 Å². The van der Waals surface area contributed by atoms with E-state index < -0.39 is 17.6 Å². The minimum atomic E-state index is -4.47. The lowest BCUT2D eigenvalue weighted by atomic mass is 10.0. The van der Waals surface area contributed by atoms with Gasteiger partial charge in [-0.05, 0) is 29.8 Å². The van der Waals surface area contributed by atoms with Gasteiger partial charge < -0.3 is 5.32 Å². The van der Waals surface area contributed by atoms with Crippen LogP contribution in [0.15, 0.2) is 67.4 Å². The number of rotatable bonds is 3. The van der Waals surface area contributed by atoms with E-state index in [-0.39, 0.29) is 11.5 Å². The maximum Gasteiger partial charge on any atom is 0.416 e. The first-order chi connectivity index (χ1) is 13.9. The largest absolute Gasteiger partial charge is 0.416 e. The first-order valence-electron chi connectivity index (χ1n) is 8.41. The number of hydrogen-bond donors (Lipinski definition) is 1. The van der Waals surface area contributed by atoms with E-state index in [4.69, 9.17) is 0 Å². The Morgan fingerprint density at radius 2 is 1.83 bits per heavy atom. The number of nitrogens with one attached hydrogen (secondary N) is 1. The maximum absolute atomic E-state index is 13.1. The Kier molecular flexibility index (Phi) is 4.63. The molecule has 0 spiro atoms. The van der Waals surface area contributed by atoms with Crippen molar-refractivity contribution in [3.63, 3.8) is 0 Å². The molecule has 3 heterocycles. The second kappa shape index (κ2) is 7.27. The molecule has 0 unspecified atom stereocenters. The third kappa shape index (κ3) is 3.88. The summed E-state index contributed by atoms with van der Waals surface area (Å²) < 4.78 is 39.2. The van der Waals surface area contributed by atoms with Gasteiger partial charge >= 0.3 is 6.18 Å². The van der Waals surface area contributed by atoms with Crippen LogP contribution in [0.2, 0.25) is 0 Å². The zero-order valence-corrected chi connectivity index (χ0v) is 14.7. The van der Waals surface area contributed by atoms with E-state index in [1.165, 1.54) is 43.1 Å². The van der Waals surface area contributed by atoms with E-state index in [0.717, 1.165) is 12.1 Å². The van der Waals surface area contributed by atoms with Crippen LogP contribution < -0.4 is 5.32 Å². The third-order valence-electron chi connectivity index (χ3n) is 4.14. The molecule has 0 saturated carbocycles. The fraction of sp³-hybridized carbons (Fsp3) is 0.0500. The number of anilines is 1. The summed E-state index contributed by atoms with van der Waals surface area (Å²) in [5.41, 5.74) is 0.372. The zero-order valence-electron chi connectivity index (χ0n) is 14.7. The van der Waals surface area contributed by atoms with Gasteiger partial charge in [0.2, 0.25) is 0 Å². The Hall–Kier alpha value is -3.88. The summed E-state index contributed by atoms with van der Waals surface area (Å²) in [7, 11) is 0. The van der Waals surface area contributed by atoms with E-state index in [1.807, 2.05) is 0 Å². The van der Waals surface area contributed by atoms with Crippen LogP contribution in [-0.2, 0) is 6.18 Å². The van der Waals surface area contributed by atoms with Crippen LogP contribution in [0.1, 0.15) is 16.1 Å². The molecule has 3 aromatic heterocycles. The van der Waals surface area contributed by atoms with Crippen LogP contribution in [0, 0.1) is 0 Å². The summed E-state index contributed by atoms with van der Waals surface area (Å²) in [5.74, 6) is -0.258. The van der Waals surface area contributed by atoms with Crippen molar-refractivity contribution in [2.45, 2.75) is 6.18 Å². The maximum atomic E-state index is 13.1. The molecule has 29 heavy (non-hydrogen) atoms. The van der Waals surface area contributed by atoms with Crippen molar-refractivity contribution in [3.8, 4) is 11.1 Å². The molecule has 0 radical (unpaired) electrons. The van der Waals surface area contributed by atoms with E-state index in [9.17, 15) is 18.0 Å². The van der Waals surface area contributed by atoms with Gasteiger partial charge in [-0.15, -0.1) is 0 Å². The zero-order chi connectivity index (χ0) is 20.4. The Labute approximate surface area is 162 Å². The smallest absolute Gasteiger partial charge is 0.304 e. The molecule has 1 N–H and O–H groups in total. The number of halogens is 3. The van der Waals surface area contributed by atoms with Crippen molar-refractivity contribution in [2.75, 3.05) is 5.32 Å². The molecule has 0 aliphatic rings. The molecule has 4 rings (SSSR count). The van der Waals surface area contributed by atoms with Gasteiger partial charge in [-0.1, -0.05) is 12.1 Å². The monoisotopic (exact) mass is 395 g/mol. The van der Waals surface area contributed by atoms with Gasteiger partial charge in [-0.25, -0.2) is 9.97 Å². The van der Waals surface area contributed by atoms with Crippen molar-refractivity contribution in [3.05, 3.63) is 78.6 Å². The van der Waals surface area contributed by atoms with Gasteiger partial charge in [0.05, 0.1) is 17.3 Å². The number of fused-ring (bicyclic) bond motifs is 1. The molecule has 0 aliphatic heterocycles. The summed E-state index contributed by atoms with van der Waals surface area (Å²) in [6.07, 6.45) is 2.78. The van der Waals surface area contributed by atoms with Crippen LogP contribution in [0.25, 0.3) is 22.0 Å². The number of hydrogen-bond acceptors (Lipinski definition) is 5. The number of nitrogens with zero attached hydrogens (tertiary/aromatic N) is 4. The molecule has 9 heteroatoms. The van der Waals surface area contributed by atoms with Gasteiger partial charge in [0.1, 0.15) is 5.69 Å². The fourth-order valence-electron chi connectivity index (χ4n) is 2.79. The molecule has 144 valence electrons. The fourth-order valence-corrected chi connectivity index (χ4v) is 2.79. The van der Waals surface area contributed by atoms with Crippen LogP contribution >= 0.6 is 0 Å². The summed E-state index contributed by atoms with van der Waals surface area (Å²) in [4.78, 5) is 28.8. The predicted molar refractivity (Wildman–Crippen MR) is 100.0 cm³/mol. The molecule has 6 nitrogen and oxygen atoms in total. The average molecular weight is 395 g/mol. The number of carbonyl (C=O) groups is 1. The summed E-state index contributed by atoms with van der Waals surface area (Å²) in [5, 5.41) is 3.17. The Morgan fingerprint density at radius 3 is 2.59 bits per heavy atom. The first-order valence-corrected chi connectivity index (χ1v) is 8.41. The van der Waals surface area contributed by atoms with E-state index in [2.05, 4.69) is 25.3 Å². The van der Waals surface area contributed by atoms with Gasteiger partial charge in [-0.3, -0.25) is 14.8 Å². The van der Waals surface area contributed by atoms with Crippen LogP contribution in [0.3, 0.4) is 0 Å². The van der Waals surface area contributed by atoms with E-state index >= 15 is 0 Å². The number of amides is 1. The summed E-state index contributed by atoms with van der Waals surface area (Å²) >= 11 is 0. The van der Waals surface area contributed by atoms with E-state index in [1.54, 1.807) is 12.1 Å². The van der Waals surface area contributed by atoms with Gasteiger partial charge in [0, 0.05) is 35.7 Å². The van der Waals surface area contributed by atoms with Crippen molar-refractivity contribution in [1.82, 2.24) is 19.9 Å².